The average Bonchev–Trinajstić information content (AvgIpc) is 2.33. The van der Waals surface area contributed by atoms with E-state index in [0.29, 0.717) is 5.41 Å². The van der Waals surface area contributed by atoms with E-state index >= 15 is 0 Å². The summed E-state index contributed by atoms with van der Waals surface area (Å²) in [5.74, 6) is 0. The van der Waals surface area contributed by atoms with E-state index in [-0.39, 0.29) is 0 Å². The molecule has 0 atom stereocenters. The number of methoxy groups -OCH3 is 1. The van der Waals surface area contributed by atoms with Crippen molar-refractivity contribution in [3.05, 3.63) is 34.9 Å². The normalized spacial score (nSPS) is 17.4. The predicted molar refractivity (Wildman–Crippen MR) is 76.3 cm³/mol. The van der Waals surface area contributed by atoms with Gasteiger partial charge in [-0.15, -0.1) is 0 Å². The Labute approximate surface area is 115 Å². The molecule has 0 aromatic heterocycles. The molecule has 1 saturated carbocycles. The van der Waals surface area contributed by atoms with E-state index in [1.54, 1.807) is 7.11 Å². The monoisotopic (exact) mass is 267 g/mol. The quantitative estimate of drug-likeness (QED) is 0.765. The summed E-state index contributed by atoms with van der Waals surface area (Å²) in [7, 11) is 1.74. The molecule has 1 aromatic carbocycles. The van der Waals surface area contributed by atoms with Crippen LogP contribution >= 0.6 is 11.6 Å². The number of rotatable bonds is 7. The second kappa shape index (κ2) is 6.55. The highest BCUT2D eigenvalue weighted by atomic mass is 35.5. The van der Waals surface area contributed by atoms with Crippen molar-refractivity contribution in [3.8, 4) is 0 Å². The van der Waals surface area contributed by atoms with Gasteiger partial charge in [0.05, 0.1) is 6.61 Å². The molecule has 0 saturated heterocycles. The van der Waals surface area contributed by atoms with Crippen LogP contribution in [0.3, 0.4) is 0 Å². The molecule has 2 nitrogen and oxygen atoms in total. The second-order valence-corrected chi connectivity index (χ2v) is 5.57. The molecule has 0 heterocycles. The van der Waals surface area contributed by atoms with Crippen molar-refractivity contribution >= 4 is 11.6 Å². The van der Waals surface area contributed by atoms with Crippen LogP contribution in [0.4, 0.5) is 0 Å². The van der Waals surface area contributed by atoms with Gasteiger partial charge in [0.1, 0.15) is 0 Å². The van der Waals surface area contributed by atoms with Crippen LogP contribution < -0.4 is 5.32 Å². The summed E-state index contributed by atoms with van der Waals surface area (Å²) < 4.78 is 5.03. The van der Waals surface area contributed by atoms with Crippen molar-refractivity contribution in [2.45, 2.75) is 31.1 Å². The lowest BCUT2D eigenvalue weighted by Gasteiger charge is -2.43. The Hall–Kier alpha value is -0.570. The van der Waals surface area contributed by atoms with Crippen LogP contribution in [0.5, 0.6) is 0 Å². The first-order chi connectivity index (χ1) is 8.77. The van der Waals surface area contributed by atoms with Gasteiger partial charge in [-0.05, 0) is 48.9 Å². The first-order valence-corrected chi connectivity index (χ1v) is 7.10. The molecule has 1 N–H and O–H groups in total. The average molecular weight is 268 g/mol. The molecule has 0 radical (unpaired) electrons. The highest BCUT2D eigenvalue weighted by Gasteiger charge is 2.37. The number of benzene rings is 1. The molecule has 0 amide bonds. The van der Waals surface area contributed by atoms with Gasteiger partial charge < -0.3 is 10.1 Å². The maximum absolute atomic E-state index is 5.96. The molecule has 18 heavy (non-hydrogen) atoms. The van der Waals surface area contributed by atoms with Crippen molar-refractivity contribution in [2.75, 3.05) is 26.8 Å². The van der Waals surface area contributed by atoms with E-state index < -0.39 is 0 Å². The summed E-state index contributed by atoms with van der Waals surface area (Å²) in [6.45, 7) is 2.78. The lowest BCUT2D eigenvalue weighted by Crippen LogP contribution is -2.37. The Morgan fingerprint density at radius 3 is 2.50 bits per heavy atom. The highest BCUT2D eigenvalue weighted by molar-refractivity contribution is 6.30. The van der Waals surface area contributed by atoms with E-state index in [2.05, 4.69) is 17.4 Å². The molecule has 1 aromatic rings. The van der Waals surface area contributed by atoms with Crippen LogP contribution in [0, 0.1) is 0 Å². The third-order valence-corrected chi connectivity index (χ3v) is 4.28. The molecule has 2 rings (SSSR count). The van der Waals surface area contributed by atoms with Crippen LogP contribution in [0.15, 0.2) is 24.3 Å². The minimum atomic E-state index is 0.394. The fraction of sp³-hybridized carbons (Fsp3) is 0.600. The zero-order chi connectivity index (χ0) is 12.8. The molecule has 1 aliphatic rings. The lowest BCUT2D eigenvalue weighted by molar-refractivity contribution is 0.191. The van der Waals surface area contributed by atoms with E-state index in [4.69, 9.17) is 16.3 Å². The highest BCUT2D eigenvalue weighted by Crippen LogP contribution is 2.46. The summed E-state index contributed by atoms with van der Waals surface area (Å²) in [4.78, 5) is 0. The van der Waals surface area contributed by atoms with Gasteiger partial charge in [-0.1, -0.05) is 30.2 Å². The zero-order valence-electron chi connectivity index (χ0n) is 11.0. The Morgan fingerprint density at radius 1 is 1.22 bits per heavy atom. The summed E-state index contributed by atoms with van der Waals surface area (Å²) in [5.41, 5.74) is 1.84. The first-order valence-electron chi connectivity index (χ1n) is 6.73. The minimum absolute atomic E-state index is 0.394. The summed E-state index contributed by atoms with van der Waals surface area (Å²) in [6, 6.07) is 8.40. The molecule has 0 spiro atoms. The third kappa shape index (κ3) is 3.25. The number of nitrogens with one attached hydrogen (secondary N) is 1. The van der Waals surface area contributed by atoms with Gasteiger partial charge in [0.15, 0.2) is 0 Å². The molecule has 1 fully saturated rings. The van der Waals surface area contributed by atoms with Crippen LogP contribution in [0.1, 0.15) is 31.2 Å². The van der Waals surface area contributed by atoms with Gasteiger partial charge in [-0.2, -0.15) is 0 Å². The van der Waals surface area contributed by atoms with Crippen molar-refractivity contribution < 1.29 is 4.74 Å². The third-order valence-electron chi connectivity index (χ3n) is 4.03. The lowest BCUT2D eigenvalue weighted by atomic mass is 9.62. The molecule has 3 heteroatoms. The van der Waals surface area contributed by atoms with E-state index in [0.717, 1.165) is 24.7 Å². The Bertz CT molecular complexity index is 359. The topological polar surface area (TPSA) is 21.3 Å². The van der Waals surface area contributed by atoms with Gasteiger partial charge >= 0.3 is 0 Å². The number of halogens is 1. The molecule has 100 valence electrons. The predicted octanol–water partition coefficient (Wildman–Crippen LogP) is 3.39. The molecular formula is C15H22ClNO. The molecule has 0 aliphatic heterocycles. The fourth-order valence-corrected chi connectivity index (χ4v) is 2.84. The summed E-state index contributed by atoms with van der Waals surface area (Å²) in [5, 5.41) is 4.27. The summed E-state index contributed by atoms with van der Waals surface area (Å²) in [6.07, 6.45) is 5.17. The SMILES string of the molecule is COCCNCCC1(c2ccc(Cl)cc2)CCC1. The second-order valence-electron chi connectivity index (χ2n) is 5.13. The maximum Gasteiger partial charge on any atom is 0.0587 e. The number of ether oxygens (including phenoxy) is 1. The van der Waals surface area contributed by atoms with Crippen molar-refractivity contribution in [3.63, 3.8) is 0 Å². The molecule has 0 bridgehead atoms. The van der Waals surface area contributed by atoms with Crippen molar-refractivity contribution in [1.29, 1.82) is 0 Å². The van der Waals surface area contributed by atoms with Gasteiger partial charge in [0, 0.05) is 18.7 Å². The van der Waals surface area contributed by atoms with Gasteiger partial charge in [0.25, 0.3) is 0 Å². The zero-order valence-corrected chi connectivity index (χ0v) is 11.8. The van der Waals surface area contributed by atoms with Crippen LogP contribution in [0.2, 0.25) is 5.02 Å². The van der Waals surface area contributed by atoms with Gasteiger partial charge in [-0.25, -0.2) is 0 Å². The number of hydrogen-bond acceptors (Lipinski definition) is 2. The Kier molecular flexibility index (Phi) is 5.04. The van der Waals surface area contributed by atoms with Crippen molar-refractivity contribution in [2.24, 2.45) is 0 Å². The maximum atomic E-state index is 5.96. The molecular weight excluding hydrogens is 246 g/mol. The van der Waals surface area contributed by atoms with E-state index in [1.807, 2.05) is 12.1 Å². The minimum Gasteiger partial charge on any atom is -0.383 e. The summed E-state index contributed by atoms with van der Waals surface area (Å²) >= 11 is 5.96. The smallest absolute Gasteiger partial charge is 0.0587 e. The Morgan fingerprint density at radius 2 is 1.94 bits per heavy atom. The van der Waals surface area contributed by atoms with Crippen LogP contribution in [-0.4, -0.2) is 26.8 Å². The van der Waals surface area contributed by atoms with Gasteiger partial charge in [-0.3, -0.25) is 0 Å². The number of hydrogen-bond donors (Lipinski definition) is 1. The van der Waals surface area contributed by atoms with Crippen LogP contribution in [-0.2, 0) is 10.2 Å². The Balaban J connectivity index is 1.88. The van der Waals surface area contributed by atoms with Crippen molar-refractivity contribution in [1.82, 2.24) is 5.32 Å². The van der Waals surface area contributed by atoms with Gasteiger partial charge in [0.2, 0.25) is 0 Å². The largest absolute Gasteiger partial charge is 0.383 e. The van der Waals surface area contributed by atoms with Crippen LogP contribution in [0.25, 0.3) is 0 Å². The molecule has 1 aliphatic carbocycles. The standard InChI is InChI=1S/C15H22ClNO/c1-18-12-11-17-10-9-15(7-2-8-15)13-3-5-14(16)6-4-13/h3-6,17H,2,7-12H2,1H3. The van der Waals surface area contributed by atoms with E-state index in [1.165, 1.54) is 31.2 Å². The fourth-order valence-electron chi connectivity index (χ4n) is 2.72. The first kappa shape index (κ1) is 13.9. The molecule has 0 unspecified atom stereocenters. The van der Waals surface area contributed by atoms with E-state index in [9.17, 15) is 0 Å².